The molecule has 6 heteroatoms. The number of para-hydroxylation sites is 2. The molecule has 0 amide bonds. The molecule has 35 heavy (non-hydrogen) atoms. The summed E-state index contributed by atoms with van der Waals surface area (Å²) in [4.78, 5) is 27.4. The zero-order chi connectivity index (χ0) is 24.4. The van der Waals surface area contributed by atoms with Gasteiger partial charge in [-0.05, 0) is 43.7 Å². The van der Waals surface area contributed by atoms with Gasteiger partial charge in [0.05, 0.1) is 22.5 Å². The fourth-order valence-electron chi connectivity index (χ4n) is 4.48. The van der Waals surface area contributed by atoms with Gasteiger partial charge in [-0.25, -0.2) is 9.36 Å². The van der Waals surface area contributed by atoms with Crippen LogP contribution in [-0.4, -0.2) is 19.6 Å². The number of rotatable bonds is 6. The number of hydrogen-bond acceptors (Lipinski definition) is 2. The van der Waals surface area contributed by atoms with Crippen molar-refractivity contribution < 1.29 is 0 Å². The van der Waals surface area contributed by atoms with Gasteiger partial charge in [-0.3, -0.25) is 19.8 Å². The first kappa shape index (κ1) is 22.2. The summed E-state index contributed by atoms with van der Waals surface area (Å²) in [6.45, 7) is 3.74. The number of allylic oxidation sites excluding steroid dienone is 1. The van der Waals surface area contributed by atoms with Gasteiger partial charge in [-0.2, -0.15) is 0 Å². The molecule has 0 radical (unpaired) electrons. The highest BCUT2D eigenvalue weighted by Crippen LogP contribution is 2.27. The van der Waals surface area contributed by atoms with Crippen molar-refractivity contribution in [3.8, 4) is 11.4 Å². The molecule has 5 rings (SSSR count). The van der Waals surface area contributed by atoms with E-state index in [9.17, 15) is 9.59 Å². The highest BCUT2D eigenvalue weighted by Gasteiger charge is 2.27. The third kappa shape index (κ3) is 4.22. The Bertz CT molecular complexity index is 1490. The summed E-state index contributed by atoms with van der Waals surface area (Å²) in [6.07, 6.45) is 3.90. The lowest BCUT2D eigenvalue weighted by molar-refractivity contribution is 0.832. The molecule has 0 aliphatic carbocycles. The molecule has 0 unspecified atom stereocenters. The molecular formula is C29H26N4O2. The Morgan fingerprint density at radius 1 is 0.629 bits per heavy atom. The molecule has 0 spiro atoms. The molecule has 174 valence electrons. The van der Waals surface area contributed by atoms with Crippen LogP contribution in [0.15, 0.2) is 107 Å². The van der Waals surface area contributed by atoms with Crippen molar-refractivity contribution in [1.82, 2.24) is 19.6 Å². The Morgan fingerprint density at radius 3 is 1.46 bits per heavy atom. The maximum atomic E-state index is 13.7. The molecule has 6 nitrogen and oxygen atoms in total. The van der Waals surface area contributed by atoms with Gasteiger partial charge >= 0.3 is 0 Å². The molecule has 0 aliphatic rings. The minimum absolute atomic E-state index is 0.178. The summed E-state index contributed by atoms with van der Waals surface area (Å²) in [6, 6.07) is 28.7. The zero-order valence-corrected chi connectivity index (χ0v) is 19.6. The Morgan fingerprint density at radius 2 is 1.03 bits per heavy atom. The number of aryl methyl sites for hydroxylation is 2. The number of nitrogens with one attached hydrogen (secondary N) is 2. The lowest BCUT2D eigenvalue weighted by Gasteiger charge is -2.10. The van der Waals surface area contributed by atoms with E-state index >= 15 is 0 Å². The second-order valence-corrected chi connectivity index (χ2v) is 8.50. The topological polar surface area (TPSA) is 75.6 Å². The van der Waals surface area contributed by atoms with E-state index in [2.05, 4.69) is 10.2 Å². The van der Waals surface area contributed by atoms with Gasteiger partial charge in [0.2, 0.25) is 0 Å². The van der Waals surface area contributed by atoms with E-state index in [-0.39, 0.29) is 11.1 Å². The summed E-state index contributed by atoms with van der Waals surface area (Å²) in [5, 5.41) is 6.41. The Hall–Kier alpha value is -4.58. The highest BCUT2D eigenvalue weighted by molar-refractivity contribution is 5.54. The van der Waals surface area contributed by atoms with Gasteiger partial charge in [-0.1, -0.05) is 78.9 Å². The smallest absolute Gasteiger partial charge is 0.275 e. The molecule has 0 bridgehead atoms. The largest absolute Gasteiger partial charge is 0.295 e. The molecule has 2 heterocycles. The average molecular weight is 463 g/mol. The second-order valence-electron chi connectivity index (χ2n) is 8.50. The van der Waals surface area contributed by atoms with Crippen molar-refractivity contribution in [2.45, 2.75) is 19.8 Å². The quantitative estimate of drug-likeness (QED) is 0.368. The lowest BCUT2D eigenvalue weighted by atomic mass is 9.90. The van der Waals surface area contributed by atoms with Crippen LogP contribution in [0.25, 0.3) is 17.5 Å². The van der Waals surface area contributed by atoms with Crippen molar-refractivity contribution in [3.63, 3.8) is 0 Å². The number of H-pyrrole nitrogens is 2. The number of aromatic nitrogens is 4. The molecule has 2 aromatic heterocycles. The third-order valence-electron chi connectivity index (χ3n) is 6.17. The zero-order valence-electron chi connectivity index (χ0n) is 19.6. The molecule has 2 N–H and O–H groups in total. The highest BCUT2D eigenvalue weighted by atomic mass is 16.1. The summed E-state index contributed by atoms with van der Waals surface area (Å²) in [5.41, 5.74) is 4.63. The molecule has 0 atom stereocenters. The molecule has 0 saturated carbocycles. The Kier molecular flexibility index (Phi) is 5.94. The summed E-state index contributed by atoms with van der Waals surface area (Å²) < 4.78 is 3.07. The summed E-state index contributed by atoms with van der Waals surface area (Å²) in [5.74, 6) is -0.544. The lowest BCUT2D eigenvalue weighted by Crippen LogP contribution is -2.24. The van der Waals surface area contributed by atoms with Crippen LogP contribution in [0, 0.1) is 13.8 Å². The van der Waals surface area contributed by atoms with Crippen molar-refractivity contribution in [3.05, 3.63) is 146 Å². The van der Waals surface area contributed by atoms with Gasteiger partial charge in [0.1, 0.15) is 0 Å². The van der Waals surface area contributed by atoms with Crippen LogP contribution in [0.3, 0.4) is 0 Å². The van der Waals surface area contributed by atoms with Gasteiger partial charge in [0.25, 0.3) is 11.1 Å². The number of benzene rings is 3. The summed E-state index contributed by atoms with van der Waals surface area (Å²) in [7, 11) is 0. The maximum Gasteiger partial charge on any atom is 0.275 e. The van der Waals surface area contributed by atoms with Crippen LogP contribution in [-0.2, 0) is 0 Å². The first-order chi connectivity index (χ1) is 17.0. The number of hydrogen-bond donors (Lipinski definition) is 2. The molecule has 5 aromatic rings. The molecule has 0 saturated heterocycles. The van der Waals surface area contributed by atoms with E-state index in [4.69, 9.17) is 0 Å². The minimum Gasteiger partial charge on any atom is -0.295 e. The van der Waals surface area contributed by atoms with Crippen LogP contribution >= 0.6 is 0 Å². The van der Waals surface area contributed by atoms with E-state index in [1.165, 1.54) is 9.36 Å². The molecular weight excluding hydrogens is 436 g/mol. The van der Waals surface area contributed by atoms with Crippen molar-refractivity contribution in [2.75, 3.05) is 0 Å². The van der Waals surface area contributed by atoms with E-state index in [1.807, 2.05) is 117 Å². The standard InChI is InChI=1S/C29H26N4O2/c1-20-26(28(34)32(30-20)23-14-8-4-9-15-23)25(19-18-22-12-6-3-7-13-22)27-21(2)31-33(29(27)35)24-16-10-5-11-17-24/h3-19,25,30-31H,1-2H3/b19-18+. The van der Waals surface area contributed by atoms with Gasteiger partial charge in [0.15, 0.2) is 0 Å². The normalized spacial score (nSPS) is 11.5. The predicted molar refractivity (Wildman–Crippen MR) is 140 cm³/mol. The fourth-order valence-corrected chi connectivity index (χ4v) is 4.48. The van der Waals surface area contributed by atoms with E-state index in [1.54, 1.807) is 0 Å². The van der Waals surface area contributed by atoms with Crippen LogP contribution in [0.2, 0.25) is 0 Å². The predicted octanol–water partition coefficient (Wildman–Crippen LogP) is 5.11. The monoisotopic (exact) mass is 462 g/mol. The summed E-state index contributed by atoms with van der Waals surface area (Å²) >= 11 is 0. The van der Waals surface area contributed by atoms with E-state index < -0.39 is 5.92 Å². The Balaban J connectivity index is 1.71. The van der Waals surface area contributed by atoms with E-state index in [0.717, 1.165) is 16.9 Å². The SMILES string of the molecule is Cc1[nH]n(-c2ccccc2)c(=O)c1C(/C=C/c1ccccc1)c1c(C)[nH]n(-c2ccccc2)c1=O. The van der Waals surface area contributed by atoms with Crippen molar-refractivity contribution in [1.29, 1.82) is 0 Å². The third-order valence-corrected chi connectivity index (χ3v) is 6.17. The molecule has 0 fully saturated rings. The average Bonchev–Trinajstić information content (AvgIpc) is 3.36. The van der Waals surface area contributed by atoms with Crippen molar-refractivity contribution >= 4 is 6.08 Å². The van der Waals surface area contributed by atoms with Gasteiger partial charge in [0, 0.05) is 17.3 Å². The van der Waals surface area contributed by atoms with Crippen LogP contribution in [0.1, 0.15) is 34.0 Å². The van der Waals surface area contributed by atoms with Crippen LogP contribution in [0.5, 0.6) is 0 Å². The van der Waals surface area contributed by atoms with E-state index in [0.29, 0.717) is 22.5 Å². The molecule has 3 aromatic carbocycles. The van der Waals surface area contributed by atoms with Gasteiger partial charge < -0.3 is 0 Å². The van der Waals surface area contributed by atoms with Gasteiger partial charge in [-0.15, -0.1) is 0 Å². The second kappa shape index (κ2) is 9.35. The van der Waals surface area contributed by atoms with Crippen LogP contribution < -0.4 is 11.1 Å². The first-order valence-corrected chi connectivity index (χ1v) is 11.5. The first-order valence-electron chi connectivity index (χ1n) is 11.5. The number of nitrogens with zero attached hydrogens (tertiary/aromatic N) is 2. The van der Waals surface area contributed by atoms with Crippen LogP contribution in [0.4, 0.5) is 0 Å². The fraction of sp³-hybridized carbons (Fsp3) is 0.103. The Labute approximate surface area is 202 Å². The maximum absolute atomic E-state index is 13.7. The van der Waals surface area contributed by atoms with Crippen molar-refractivity contribution in [2.24, 2.45) is 0 Å². The number of aromatic amines is 2. The molecule has 0 aliphatic heterocycles. The minimum atomic E-state index is -0.544.